The summed E-state index contributed by atoms with van der Waals surface area (Å²) in [4.78, 5) is 12.3. The lowest BCUT2D eigenvalue weighted by atomic mass is 10.2. The Kier molecular flexibility index (Phi) is 5.62. The number of methoxy groups -OCH3 is 1. The Morgan fingerprint density at radius 1 is 1.20 bits per heavy atom. The van der Waals surface area contributed by atoms with Crippen LogP contribution in [0.1, 0.15) is 15.9 Å². The van der Waals surface area contributed by atoms with E-state index >= 15 is 0 Å². The zero-order valence-electron chi connectivity index (χ0n) is 13.2. The smallest absolute Gasteiger partial charge is 0.261 e. The SMILES string of the molecule is COc1ccccc1C(=O)Nc1nnc(SCc2ccccc2F)s1. The highest BCUT2D eigenvalue weighted by atomic mass is 32.2. The van der Waals surface area contributed by atoms with E-state index in [1.165, 1.54) is 36.3 Å². The standard InChI is InChI=1S/C17H14FN3O2S2/c1-23-14-9-5-3-7-12(14)15(22)19-16-20-21-17(25-16)24-10-11-6-2-4-8-13(11)18/h2-9H,10H2,1H3,(H,19,20,22). The van der Waals surface area contributed by atoms with E-state index < -0.39 is 0 Å². The summed E-state index contributed by atoms with van der Waals surface area (Å²) in [6.45, 7) is 0. The second-order valence-corrected chi connectivity index (χ2v) is 7.11. The van der Waals surface area contributed by atoms with Crippen LogP contribution in [0, 0.1) is 5.82 Å². The molecular weight excluding hydrogens is 361 g/mol. The maximum atomic E-state index is 13.6. The van der Waals surface area contributed by atoms with Gasteiger partial charge in [-0.2, -0.15) is 0 Å². The summed E-state index contributed by atoms with van der Waals surface area (Å²) in [6.07, 6.45) is 0. The zero-order chi connectivity index (χ0) is 17.6. The molecule has 0 unspecified atom stereocenters. The van der Waals surface area contributed by atoms with Gasteiger partial charge in [-0.25, -0.2) is 4.39 Å². The minimum Gasteiger partial charge on any atom is -0.496 e. The Labute approximate surface area is 152 Å². The van der Waals surface area contributed by atoms with Gasteiger partial charge < -0.3 is 4.74 Å². The lowest BCUT2D eigenvalue weighted by molar-refractivity contribution is 0.102. The second kappa shape index (κ2) is 8.09. The molecule has 0 atom stereocenters. The molecule has 128 valence electrons. The van der Waals surface area contributed by atoms with Crippen molar-refractivity contribution in [2.24, 2.45) is 0 Å². The molecule has 1 amide bonds. The van der Waals surface area contributed by atoms with E-state index in [2.05, 4.69) is 15.5 Å². The molecule has 0 saturated heterocycles. The third-order valence-corrected chi connectivity index (χ3v) is 5.31. The molecule has 25 heavy (non-hydrogen) atoms. The lowest BCUT2D eigenvalue weighted by Crippen LogP contribution is -2.12. The van der Waals surface area contributed by atoms with E-state index in [-0.39, 0.29) is 11.7 Å². The molecule has 1 N–H and O–H groups in total. The first-order chi connectivity index (χ1) is 12.2. The highest BCUT2D eigenvalue weighted by Crippen LogP contribution is 2.29. The van der Waals surface area contributed by atoms with E-state index in [0.29, 0.717) is 32.1 Å². The zero-order valence-corrected chi connectivity index (χ0v) is 14.9. The van der Waals surface area contributed by atoms with Crippen molar-refractivity contribution in [2.75, 3.05) is 12.4 Å². The number of carbonyl (C=O) groups is 1. The van der Waals surface area contributed by atoms with Crippen LogP contribution in [0.25, 0.3) is 0 Å². The quantitative estimate of drug-likeness (QED) is 0.516. The van der Waals surface area contributed by atoms with Gasteiger partial charge in [0.15, 0.2) is 4.34 Å². The van der Waals surface area contributed by atoms with Gasteiger partial charge in [-0.3, -0.25) is 10.1 Å². The number of ether oxygens (including phenoxy) is 1. The van der Waals surface area contributed by atoms with Crippen LogP contribution < -0.4 is 10.1 Å². The fraction of sp³-hybridized carbons (Fsp3) is 0.118. The van der Waals surface area contributed by atoms with Crippen LogP contribution in [-0.2, 0) is 5.75 Å². The van der Waals surface area contributed by atoms with Crippen molar-refractivity contribution in [3.05, 3.63) is 65.5 Å². The van der Waals surface area contributed by atoms with E-state index in [9.17, 15) is 9.18 Å². The molecule has 8 heteroatoms. The summed E-state index contributed by atoms with van der Waals surface area (Å²) in [7, 11) is 1.51. The summed E-state index contributed by atoms with van der Waals surface area (Å²) in [5, 5.41) is 11.0. The Hall–Kier alpha value is -2.45. The Bertz CT molecular complexity index is 886. The first-order valence-corrected chi connectivity index (χ1v) is 9.11. The number of carbonyl (C=O) groups excluding carboxylic acids is 1. The predicted octanol–water partition coefficient (Wildman–Crippen LogP) is 4.23. The van der Waals surface area contributed by atoms with Crippen molar-refractivity contribution in [2.45, 2.75) is 10.1 Å². The number of halogens is 1. The molecule has 3 aromatic rings. The number of hydrogen-bond acceptors (Lipinski definition) is 6. The largest absolute Gasteiger partial charge is 0.496 e. The number of hydrogen-bond donors (Lipinski definition) is 1. The van der Waals surface area contributed by atoms with Crippen molar-refractivity contribution < 1.29 is 13.9 Å². The maximum Gasteiger partial charge on any atom is 0.261 e. The van der Waals surface area contributed by atoms with E-state index in [4.69, 9.17) is 4.74 Å². The van der Waals surface area contributed by atoms with Crippen LogP contribution in [0.3, 0.4) is 0 Å². The van der Waals surface area contributed by atoms with E-state index in [1.54, 1.807) is 42.5 Å². The molecule has 5 nitrogen and oxygen atoms in total. The minimum absolute atomic E-state index is 0.246. The highest BCUT2D eigenvalue weighted by Gasteiger charge is 2.14. The average molecular weight is 375 g/mol. The molecule has 0 saturated carbocycles. The fourth-order valence-electron chi connectivity index (χ4n) is 2.07. The van der Waals surface area contributed by atoms with Crippen LogP contribution in [0.5, 0.6) is 5.75 Å². The van der Waals surface area contributed by atoms with Crippen molar-refractivity contribution in [3.8, 4) is 5.75 Å². The number of thioether (sulfide) groups is 1. The molecule has 0 aliphatic rings. The molecular formula is C17H14FN3O2S2. The summed E-state index contributed by atoms with van der Waals surface area (Å²) in [6, 6.07) is 13.5. The summed E-state index contributed by atoms with van der Waals surface area (Å²) in [5.41, 5.74) is 1.02. The molecule has 0 aliphatic heterocycles. The first kappa shape index (κ1) is 17.4. The van der Waals surface area contributed by atoms with Crippen LogP contribution in [0.15, 0.2) is 52.9 Å². The highest BCUT2D eigenvalue weighted by molar-refractivity contribution is 8.00. The van der Waals surface area contributed by atoms with Crippen molar-refractivity contribution in [3.63, 3.8) is 0 Å². The number of rotatable bonds is 6. The van der Waals surface area contributed by atoms with Gasteiger partial charge in [0.2, 0.25) is 5.13 Å². The van der Waals surface area contributed by atoms with Gasteiger partial charge in [-0.15, -0.1) is 10.2 Å². The first-order valence-electron chi connectivity index (χ1n) is 7.31. The number of anilines is 1. The Balaban J connectivity index is 1.63. The van der Waals surface area contributed by atoms with Crippen LogP contribution in [-0.4, -0.2) is 23.2 Å². The van der Waals surface area contributed by atoms with Gasteiger partial charge >= 0.3 is 0 Å². The van der Waals surface area contributed by atoms with Crippen molar-refractivity contribution >= 4 is 34.1 Å². The van der Waals surface area contributed by atoms with Crippen molar-refractivity contribution in [1.29, 1.82) is 0 Å². The van der Waals surface area contributed by atoms with Gasteiger partial charge in [0, 0.05) is 5.75 Å². The fourth-order valence-corrected chi connectivity index (χ4v) is 3.80. The lowest BCUT2D eigenvalue weighted by Gasteiger charge is -2.06. The molecule has 0 bridgehead atoms. The van der Waals surface area contributed by atoms with Crippen LogP contribution in [0.4, 0.5) is 9.52 Å². The summed E-state index contributed by atoms with van der Waals surface area (Å²) < 4.78 is 19.4. The summed E-state index contributed by atoms with van der Waals surface area (Å²) in [5.74, 6) is 0.365. The van der Waals surface area contributed by atoms with Gasteiger partial charge in [-0.05, 0) is 23.8 Å². The number of aromatic nitrogens is 2. The minimum atomic E-state index is -0.320. The Morgan fingerprint density at radius 3 is 2.76 bits per heavy atom. The average Bonchev–Trinajstić information content (AvgIpc) is 3.08. The van der Waals surface area contributed by atoms with Crippen LogP contribution >= 0.6 is 23.1 Å². The maximum absolute atomic E-state index is 13.6. The molecule has 2 aromatic carbocycles. The second-order valence-electron chi connectivity index (χ2n) is 4.91. The number of para-hydroxylation sites is 1. The van der Waals surface area contributed by atoms with Gasteiger partial charge in [0.25, 0.3) is 5.91 Å². The molecule has 0 radical (unpaired) electrons. The number of amides is 1. The molecule has 1 aromatic heterocycles. The molecule has 0 spiro atoms. The topological polar surface area (TPSA) is 64.1 Å². The predicted molar refractivity (Wildman–Crippen MR) is 96.8 cm³/mol. The number of nitrogens with one attached hydrogen (secondary N) is 1. The number of benzene rings is 2. The molecule has 0 fully saturated rings. The normalized spacial score (nSPS) is 10.5. The van der Waals surface area contributed by atoms with Crippen molar-refractivity contribution in [1.82, 2.24) is 10.2 Å². The van der Waals surface area contributed by atoms with E-state index in [1.807, 2.05) is 0 Å². The van der Waals surface area contributed by atoms with Gasteiger partial charge in [-0.1, -0.05) is 53.4 Å². The summed E-state index contributed by atoms with van der Waals surface area (Å²) >= 11 is 2.61. The van der Waals surface area contributed by atoms with Crippen LogP contribution in [0.2, 0.25) is 0 Å². The van der Waals surface area contributed by atoms with E-state index in [0.717, 1.165) is 0 Å². The molecule has 1 heterocycles. The molecule has 3 rings (SSSR count). The van der Waals surface area contributed by atoms with Gasteiger partial charge in [0.1, 0.15) is 11.6 Å². The number of nitrogens with zero attached hydrogens (tertiary/aromatic N) is 2. The molecule has 0 aliphatic carbocycles. The monoisotopic (exact) mass is 375 g/mol. The third kappa shape index (κ3) is 4.34. The van der Waals surface area contributed by atoms with Gasteiger partial charge in [0.05, 0.1) is 12.7 Å². The Morgan fingerprint density at radius 2 is 1.96 bits per heavy atom. The third-order valence-electron chi connectivity index (χ3n) is 3.29.